The normalized spacial score (nSPS) is 20.7. The van der Waals surface area contributed by atoms with Crippen LogP contribution in [0.4, 0.5) is 0 Å². The van der Waals surface area contributed by atoms with Crippen LogP contribution in [-0.2, 0) is 21.2 Å². The lowest BCUT2D eigenvalue weighted by molar-refractivity contribution is -0.135. The predicted octanol–water partition coefficient (Wildman–Crippen LogP) is 3.63. The summed E-state index contributed by atoms with van der Waals surface area (Å²) in [6, 6.07) is 16.3. The second-order valence-electron chi connectivity index (χ2n) is 9.68. The van der Waals surface area contributed by atoms with E-state index in [0.717, 1.165) is 24.3 Å². The van der Waals surface area contributed by atoms with E-state index in [0.29, 0.717) is 18.8 Å². The average Bonchev–Trinajstić information content (AvgIpc) is 3.42. The molecule has 3 heterocycles. The minimum atomic E-state index is -3.67. The number of hydrogen-bond acceptors (Lipinski definition) is 7. The monoisotopic (exact) mass is 555 g/mol. The van der Waals surface area contributed by atoms with E-state index < -0.39 is 10.0 Å². The predicted molar refractivity (Wildman–Crippen MR) is 147 cm³/mol. The number of nitrogens with zero attached hydrogens (tertiary/aromatic N) is 3. The molecule has 2 unspecified atom stereocenters. The van der Waals surface area contributed by atoms with Crippen LogP contribution in [0.1, 0.15) is 29.0 Å². The number of rotatable bonds is 7. The van der Waals surface area contributed by atoms with Crippen molar-refractivity contribution in [3.8, 4) is 11.5 Å². The molecular formula is C28H33N3O5S2. The Morgan fingerprint density at radius 2 is 1.61 bits per heavy atom. The number of ether oxygens (including phenoxy) is 2. The summed E-state index contributed by atoms with van der Waals surface area (Å²) in [7, 11) is -0.471. The molecule has 2 aromatic carbocycles. The summed E-state index contributed by atoms with van der Waals surface area (Å²) in [5, 5.41) is 2.12. The lowest BCUT2D eigenvalue weighted by Gasteiger charge is -2.41. The molecule has 2 aliphatic rings. The Labute approximate surface area is 228 Å². The van der Waals surface area contributed by atoms with Gasteiger partial charge >= 0.3 is 0 Å². The Morgan fingerprint density at radius 3 is 2.24 bits per heavy atom. The first-order chi connectivity index (χ1) is 18.3. The van der Waals surface area contributed by atoms with Gasteiger partial charge in [0.05, 0.1) is 31.7 Å². The zero-order valence-corrected chi connectivity index (χ0v) is 23.5. The number of carbonyl (C=O) groups excluding carboxylic acids is 1. The van der Waals surface area contributed by atoms with Crippen LogP contribution in [0, 0.1) is 0 Å². The van der Waals surface area contributed by atoms with Crippen molar-refractivity contribution in [1.29, 1.82) is 0 Å². The number of hydrogen-bond donors (Lipinski definition) is 0. The van der Waals surface area contributed by atoms with E-state index in [1.165, 1.54) is 14.7 Å². The third-order valence-electron chi connectivity index (χ3n) is 7.42. The second kappa shape index (κ2) is 11.1. The Hall–Kier alpha value is -2.92. The lowest BCUT2D eigenvalue weighted by Crippen LogP contribution is -2.57. The van der Waals surface area contributed by atoms with Crippen molar-refractivity contribution >= 4 is 27.3 Å². The average molecular weight is 556 g/mol. The molecule has 1 amide bonds. The fourth-order valence-electron chi connectivity index (χ4n) is 5.40. The van der Waals surface area contributed by atoms with Crippen molar-refractivity contribution in [2.75, 3.05) is 46.9 Å². The minimum Gasteiger partial charge on any atom is -0.497 e. The second-order valence-corrected chi connectivity index (χ2v) is 12.6. The number of carbonyl (C=O) groups is 1. The molecular weight excluding hydrogens is 522 g/mol. The summed E-state index contributed by atoms with van der Waals surface area (Å²) in [4.78, 5) is 19.2. The fraction of sp³-hybridized carbons (Fsp3) is 0.393. The van der Waals surface area contributed by atoms with E-state index in [9.17, 15) is 13.2 Å². The molecule has 0 N–H and O–H groups in total. The molecule has 1 fully saturated rings. The maximum absolute atomic E-state index is 13.5. The van der Waals surface area contributed by atoms with Gasteiger partial charge in [0.15, 0.2) is 0 Å². The fourth-order valence-corrected chi connectivity index (χ4v) is 7.91. The summed E-state index contributed by atoms with van der Waals surface area (Å²) >= 11 is 1.77. The van der Waals surface area contributed by atoms with E-state index in [1.54, 1.807) is 54.7 Å². The van der Waals surface area contributed by atoms with Gasteiger partial charge in [-0.25, -0.2) is 8.42 Å². The molecule has 1 aromatic heterocycles. The molecule has 10 heteroatoms. The van der Waals surface area contributed by atoms with Gasteiger partial charge in [-0.15, -0.1) is 11.3 Å². The molecule has 0 aliphatic carbocycles. The molecule has 0 spiro atoms. The molecule has 38 heavy (non-hydrogen) atoms. The Kier molecular flexibility index (Phi) is 7.76. The van der Waals surface area contributed by atoms with Crippen molar-refractivity contribution in [3.63, 3.8) is 0 Å². The molecule has 8 nitrogen and oxygen atoms in total. The zero-order chi connectivity index (χ0) is 26.9. The Balaban J connectivity index is 1.29. The van der Waals surface area contributed by atoms with Gasteiger partial charge in [0, 0.05) is 37.1 Å². The van der Waals surface area contributed by atoms with Crippen LogP contribution < -0.4 is 9.47 Å². The first-order valence-corrected chi connectivity index (χ1v) is 15.0. The SMILES string of the molecule is COc1ccc(C2c3ccsc3CCN2CC(=O)N2CCN(S(=O)(=O)c3ccc(OC)cc3)C(C)C2)cc1. The van der Waals surface area contributed by atoms with Gasteiger partial charge < -0.3 is 14.4 Å². The third kappa shape index (κ3) is 5.18. The van der Waals surface area contributed by atoms with Crippen LogP contribution in [0.3, 0.4) is 0 Å². The Bertz CT molecular complexity index is 1370. The largest absolute Gasteiger partial charge is 0.497 e. The number of benzene rings is 2. The first-order valence-electron chi connectivity index (χ1n) is 12.7. The number of sulfonamides is 1. The van der Waals surface area contributed by atoms with Crippen LogP contribution in [0.15, 0.2) is 64.9 Å². The molecule has 2 atom stereocenters. The van der Waals surface area contributed by atoms with E-state index in [-0.39, 0.29) is 36.0 Å². The quantitative estimate of drug-likeness (QED) is 0.443. The van der Waals surface area contributed by atoms with Crippen LogP contribution in [0.5, 0.6) is 11.5 Å². The number of amides is 1. The molecule has 0 radical (unpaired) electrons. The van der Waals surface area contributed by atoms with Crippen molar-refractivity contribution < 1.29 is 22.7 Å². The number of methoxy groups -OCH3 is 2. The highest BCUT2D eigenvalue weighted by Crippen LogP contribution is 2.38. The lowest BCUT2D eigenvalue weighted by atomic mass is 9.93. The van der Waals surface area contributed by atoms with Gasteiger partial charge in [-0.2, -0.15) is 4.31 Å². The molecule has 0 bridgehead atoms. The van der Waals surface area contributed by atoms with Gasteiger partial charge in [0.2, 0.25) is 15.9 Å². The zero-order valence-electron chi connectivity index (χ0n) is 21.9. The highest BCUT2D eigenvalue weighted by Gasteiger charge is 2.37. The van der Waals surface area contributed by atoms with Gasteiger partial charge in [0.25, 0.3) is 0 Å². The third-order valence-corrected chi connectivity index (χ3v) is 10.4. The van der Waals surface area contributed by atoms with Crippen molar-refractivity contribution in [2.24, 2.45) is 0 Å². The van der Waals surface area contributed by atoms with E-state index in [2.05, 4.69) is 28.5 Å². The molecule has 5 rings (SSSR count). The molecule has 3 aromatic rings. The summed E-state index contributed by atoms with van der Waals surface area (Å²) in [6.45, 7) is 3.92. The number of fused-ring (bicyclic) bond motifs is 1. The molecule has 1 saturated heterocycles. The number of thiophene rings is 1. The first kappa shape index (κ1) is 26.7. The van der Waals surface area contributed by atoms with Crippen molar-refractivity contribution in [2.45, 2.75) is 30.3 Å². The Morgan fingerprint density at radius 1 is 0.947 bits per heavy atom. The van der Waals surface area contributed by atoms with Crippen LogP contribution in [0.25, 0.3) is 0 Å². The molecule has 2 aliphatic heterocycles. The highest BCUT2D eigenvalue weighted by atomic mass is 32.2. The smallest absolute Gasteiger partial charge is 0.243 e. The molecule has 202 valence electrons. The highest BCUT2D eigenvalue weighted by molar-refractivity contribution is 7.89. The topological polar surface area (TPSA) is 79.4 Å². The maximum Gasteiger partial charge on any atom is 0.243 e. The number of piperazine rings is 1. The van der Waals surface area contributed by atoms with Gasteiger partial charge in [-0.05, 0) is 72.3 Å². The summed E-state index contributed by atoms with van der Waals surface area (Å²) in [5.74, 6) is 1.43. The van der Waals surface area contributed by atoms with Crippen molar-refractivity contribution in [1.82, 2.24) is 14.1 Å². The molecule has 0 saturated carbocycles. The van der Waals surface area contributed by atoms with Crippen LogP contribution in [0.2, 0.25) is 0 Å². The summed E-state index contributed by atoms with van der Waals surface area (Å²) in [5.41, 5.74) is 2.38. The van der Waals surface area contributed by atoms with E-state index in [4.69, 9.17) is 9.47 Å². The van der Waals surface area contributed by atoms with Crippen LogP contribution >= 0.6 is 11.3 Å². The summed E-state index contributed by atoms with van der Waals surface area (Å²) in [6.07, 6.45) is 0.914. The minimum absolute atomic E-state index is 0.00554. The van der Waals surface area contributed by atoms with E-state index in [1.807, 2.05) is 19.1 Å². The van der Waals surface area contributed by atoms with Crippen molar-refractivity contribution in [3.05, 3.63) is 76.0 Å². The van der Waals surface area contributed by atoms with Gasteiger partial charge in [0.1, 0.15) is 11.5 Å². The maximum atomic E-state index is 13.5. The van der Waals surface area contributed by atoms with E-state index >= 15 is 0 Å². The standard InChI is InChI=1S/C28H33N3O5S2/c1-20-18-29(15-16-31(20)38(33,34)24-10-8-23(36-3)9-11-24)27(32)19-30-14-12-26-25(13-17-37-26)28(30)21-4-6-22(35-2)7-5-21/h4-11,13,17,20,28H,12,14-16,18-19H2,1-3H3. The summed E-state index contributed by atoms with van der Waals surface area (Å²) < 4.78 is 38.6. The van der Waals surface area contributed by atoms with Gasteiger partial charge in [-0.3, -0.25) is 9.69 Å². The van der Waals surface area contributed by atoms with Crippen LogP contribution in [-0.4, -0.2) is 81.4 Å². The van der Waals surface area contributed by atoms with Gasteiger partial charge in [-0.1, -0.05) is 12.1 Å².